The van der Waals surface area contributed by atoms with Gasteiger partial charge in [-0.15, -0.1) is 0 Å². The van der Waals surface area contributed by atoms with E-state index < -0.39 is 28.7 Å². The molecule has 2 heterocycles. The maximum atomic E-state index is 13.4. The van der Waals surface area contributed by atoms with Crippen LogP contribution in [0.15, 0.2) is 86.9 Å². The minimum Gasteiger partial charge on any atom is -0.588 e. The monoisotopic (exact) mass is 483 g/mol. The largest absolute Gasteiger partial charge is 0.588 e. The summed E-state index contributed by atoms with van der Waals surface area (Å²) in [7, 11) is 0. The van der Waals surface area contributed by atoms with Gasteiger partial charge in [0.05, 0.1) is 17.8 Å². The van der Waals surface area contributed by atoms with Crippen LogP contribution >= 0.6 is 0 Å². The highest BCUT2D eigenvalue weighted by atomic mass is 32.2. The van der Waals surface area contributed by atoms with Crippen molar-refractivity contribution < 1.29 is 22.1 Å². The normalized spacial score (nSPS) is 14.8. The minimum absolute atomic E-state index is 0.101. The van der Waals surface area contributed by atoms with Crippen molar-refractivity contribution in [3.05, 3.63) is 105 Å². The van der Waals surface area contributed by atoms with Gasteiger partial charge in [-0.25, -0.2) is 4.79 Å². The lowest BCUT2D eigenvalue weighted by molar-refractivity contribution is -0.136. The maximum Gasteiger partial charge on any atom is 0.417 e. The fourth-order valence-corrected chi connectivity index (χ4v) is 5.59. The van der Waals surface area contributed by atoms with Gasteiger partial charge in [0, 0.05) is 11.5 Å². The van der Waals surface area contributed by atoms with Crippen molar-refractivity contribution in [1.29, 1.82) is 0 Å². The van der Waals surface area contributed by atoms with Gasteiger partial charge in [-0.1, -0.05) is 36.4 Å². The average molecular weight is 484 g/mol. The SMILES string of the molecule is O=c1cc(C(F)(F)F)c2cc(Cc3ccc([S+]([O-])N4CCCc5ccccc54)cc3)ccc2o1. The van der Waals surface area contributed by atoms with Crippen molar-refractivity contribution in [2.45, 2.75) is 30.3 Å². The van der Waals surface area contributed by atoms with E-state index in [0.29, 0.717) is 29.5 Å². The molecule has 0 N–H and O–H groups in total. The fourth-order valence-electron chi connectivity index (χ4n) is 4.31. The molecule has 1 aromatic heterocycles. The van der Waals surface area contributed by atoms with Crippen LogP contribution < -0.4 is 9.93 Å². The molecule has 1 unspecified atom stereocenters. The summed E-state index contributed by atoms with van der Waals surface area (Å²) in [5.74, 6) is 0. The van der Waals surface area contributed by atoms with Gasteiger partial charge < -0.3 is 8.97 Å². The molecule has 0 radical (unpaired) electrons. The van der Waals surface area contributed by atoms with E-state index in [-0.39, 0.29) is 11.0 Å². The second-order valence-electron chi connectivity index (χ2n) is 8.21. The standard InChI is InChI=1S/C26H20F3NO3S/c27-26(28,29)22-16-25(31)33-24-12-9-18(15-21(22)24)14-17-7-10-20(11-8-17)34(32)30-13-3-5-19-4-1-2-6-23(19)30/h1-2,4,6-12,15-16H,3,5,13-14H2. The molecule has 0 aliphatic carbocycles. The quantitative estimate of drug-likeness (QED) is 0.269. The van der Waals surface area contributed by atoms with E-state index in [1.165, 1.54) is 17.7 Å². The summed E-state index contributed by atoms with van der Waals surface area (Å²) in [5.41, 5.74) is 1.54. The van der Waals surface area contributed by atoms with Crippen LogP contribution in [0.25, 0.3) is 11.0 Å². The maximum absolute atomic E-state index is 13.4. The number of aryl methyl sites for hydroxylation is 1. The van der Waals surface area contributed by atoms with Crippen LogP contribution in [-0.4, -0.2) is 11.1 Å². The Morgan fingerprint density at radius 2 is 1.71 bits per heavy atom. The zero-order valence-electron chi connectivity index (χ0n) is 18.0. The van der Waals surface area contributed by atoms with Gasteiger partial charge in [-0.3, -0.25) is 0 Å². The Bertz CT molecular complexity index is 1400. The zero-order valence-corrected chi connectivity index (χ0v) is 18.8. The van der Waals surface area contributed by atoms with Crippen molar-refractivity contribution in [3.63, 3.8) is 0 Å². The van der Waals surface area contributed by atoms with Crippen LogP contribution in [0.5, 0.6) is 0 Å². The second-order valence-corrected chi connectivity index (χ2v) is 9.62. The number of halogens is 3. The summed E-state index contributed by atoms with van der Waals surface area (Å²) in [4.78, 5) is 12.2. The summed E-state index contributed by atoms with van der Waals surface area (Å²) in [5, 5.41) is -0.147. The molecule has 174 valence electrons. The highest BCUT2D eigenvalue weighted by Gasteiger charge is 2.34. The molecule has 1 aliphatic heterocycles. The number of rotatable bonds is 4. The van der Waals surface area contributed by atoms with Gasteiger partial charge in [0.1, 0.15) is 16.9 Å². The number of anilines is 1. The van der Waals surface area contributed by atoms with Gasteiger partial charge in [0.15, 0.2) is 4.90 Å². The number of hydrogen-bond acceptors (Lipinski definition) is 4. The van der Waals surface area contributed by atoms with E-state index in [9.17, 15) is 22.5 Å². The number of alkyl halides is 3. The predicted octanol–water partition coefficient (Wildman–Crippen LogP) is 5.88. The third-order valence-corrected chi connectivity index (χ3v) is 7.37. The number of hydrogen-bond donors (Lipinski definition) is 0. The molecule has 0 amide bonds. The summed E-state index contributed by atoms with van der Waals surface area (Å²) in [6.07, 6.45) is -2.38. The Labute approximate surface area is 196 Å². The molecule has 5 rings (SSSR count). The van der Waals surface area contributed by atoms with Crippen molar-refractivity contribution in [3.8, 4) is 0 Å². The lowest BCUT2D eigenvalue weighted by atomic mass is 10.0. The molecule has 4 nitrogen and oxygen atoms in total. The molecule has 0 saturated heterocycles. The number of nitrogens with zero attached hydrogens (tertiary/aromatic N) is 1. The first-order valence-corrected chi connectivity index (χ1v) is 11.9. The van der Waals surface area contributed by atoms with E-state index in [1.807, 2.05) is 34.6 Å². The number of benzene rings is 3. The summed E-state index contributed by atoms with van der Waals surface area (Å²) >= 11 is -1.35. The Morgan fingerprint density at radius 3 is 2.47 bits per heavy atom. The molecule has 0 fully saturated rings. The Hall–Kier alpha value is -3.23. The lowest BCUT2D eigenvalue weighted by Gasteiger charge is -2.30. The van der Waals surface area contributed by atoms with Crippen molar-refractivity contribution in [2.24, 2.45) is 0 Å². The van der Waals surface area contributed by atoms with E-state index in [4.69, 9.17) is 4.42 Å². The van der Waals surface area contributed by atoms with Gasteiger partial charge >= 0.3 is 11.8 Å². The van der Waals surface area contributed by atoms with Gasteiger partial charge in [0.25, 0.3) is 0 Å². The molecule has 34 heavy (non-hydrogen) atoms. The van der Waals surface area contributed by atoms with Crippen molar-refractivity contribution in [2.75, 3.05) is 10.8 Å². The van der Waals surface area contributed by atoms with Crippen LogP contribution in [0, 0.1) is 0 Å². The molecule has 4 aromatic rings. The Morgan fingerprint density at radius 1 is 0.971 bits per heavy atom. The fraction of sp³-hybridized carbons (Fsp3) is 0.192. The summed E-state index contributed by atoms with van der Waals surface area (Å²) in [6.45, 7) is 0.708. The molecule has 0 spiro atoms. The lowest BCUT2D eigenvalue weighted by Crippen LogP contribution is -2.35. The molecule has 3 aromatic carbocycles. The van der Waals surface area contributed by atoms with E-state index >= 15 is 0 Å². The second kappa shape index (κ2) is 8.85. The van der Waals surface area contributed by atoms with Crippen LogP contribution in [0.3, 0.4) is 0 Å². The van der Waals surface area contributed by atoms with E-state index in [2.05, 4.69) is 6.07 Å². The number of para-hydroxylation sites is 1. The third kappa shape index (κ3) is 4.43. The Balaban J connectivity index is 1.39. The number of fused-ring (bicyclic) bond motifs is 2. The first-order chi connectivity index (χ1) is 16.3. The van der Waals surface area contributed by atoms with E-state index in [1.54, 1.807) is 18.2 Å². The Kier molecular flexibility index (Phi) is 5.87. The first kappa shape index (κ1) is 22.6. The van der Waals surface area contributed by atoms with Crippen LogP contribution in [0.2, 0.25) is 0 Å². The third-order valence-electron chi connectivity index (χ3n) is 5.91. The molecule has 8 heteroatoms. The highest BCUT2D eigenvalue weighted by Crippen LogP contribution is 2.35. The van der Waals surface area contributed by atoms with Gasteiger partial charge in [-0.2, -0.15) is 17.5 Å². The molecule has 1 aliphatic rings. The zero-order chi connectivity index (χ0) is 23.9. The minimum atomic E-state index is -4.66. The van der Waals surface area contributed by atoms with Gasteiger partial charge in [0.2, 0.25) is 0 Å². The molecular formula is C26H20F3NO3S. The van der Waals surface area contributed by atoms with Gasteiger partial charge in [-0.05, 0) is 66.3 Å². The van der Waals surface area contributed by atoms with Crippen LogP contribution in [-0.2, 0) is 30.4 Å². The molecular weight excluding hydrogens is 463 g/mol. The highest BCUT2D eigenvalue weighted by molar-refractivity contribution is 7.92. The summed E-state index contributed by atoms with van der Waals surface area (Å²) < 4.78 is 60.3. The molecule has 0 bridgehead atoms. The van der Waals surface area contributed by atoms with Crippen LogP contribution in [0.4, 0.5) is 18.9 Å². The average Bonchev–Trinajstić information content (AvgIpc) is 2.83. The molecule has 1 atom stereocenters. The molecule has 0 saturated carbocycles. The van der Waals surface area contributed by atoms with E-state index in [0.717, 1.165) is 24.1 Å². The topological polar surface area (TPSA) is 56.5 Å². The van der Waals surface area contributed by atoms with Crippen molar-refractivity contribution in [1.82, 2.24) is 0 Å². The predicted molar refractivity (Wildman–Crippen MR) is 125 cm³/mol. The van der Waals surface area contributed by atoms with Crippen molar-refractivity contribution >= 4 is 28.0 Å². The van der Waals surface area contributed by atoms with Crippen LogP contribution in [0.1, 0.15) is 28.7 Å². The summed E-state index contributed by atoms with van der Waals surface area (Å²) in [6, 6.07) is 20.1. The first-order valence-electron chi connectivity index (χ1n) is 10.8. The smallest absolute Gasteiger partial charge is 0.417 e.